The van der Waals surface area contributed by atoms with Gasteiger partial charge in [0.1, 0.15) is 41.0 Å². The molecule has 0 bridgehead atoms. The smallest absolute Gasteiger partial charge is 0.302 e. The summed E-state index contributed by atoms with van der Waals surface area (Å²) in [5.41, 5.74) is 10.2. The summed E-state index contributed by atoms with van der Waals surface area (Å²) in [5, 5.41) is 3.11. The van der Waals surface area contributed by atoms with Crippen LogP contribution < -0.4 is 5.32 Å². The predicted molar refractivity (Wildman–Crippen MR) is 439 cm³/mol. The second kappa shape index (κ2) is 33.1. The van der Waals surface area contributed by atoms with E-state index in [0.717, 1.165) is 56.7 Å². The third-order valence-electron chi connectivity index (χ3n) is 28.1. The fourth-order valence-electron chi connectivity index (χ4n) is 21.7. The van der Waals surface area contributed by atoms with Crippen LogP contribution in [-0.2, 0) is 62.6 Å². The van der Waals surface area contributed by atoms with Crippen molar-refractivity contribution in [1.82, 2.24) is 39.6 Å². The lowest BCUT2D eigenvalue weighted by atomic mass is 9.69. The number of hydrogen-bond acceptors (Lipinski definition) is 10. The van der Waals surface area contributed by atoms with Gasteiger partial charge in [0.15, 0.2) is 0 Å². The average Bonchev–Trinajstić information content (AvgIpc) is 1.53. The Balaban J connectivity index is 0.000000152. The van der Waals surface area contributed by atoms with Gasteiger partial charge in [-0.05, 0) is 221 Å². The molecule has 6 fully saturated rings. The maximum atomic E-state index is 15.0. The van der Waals surface area contributed by atoms with Gasteiger partial charge in [-0.3, -0.25) is 43.5 Å². The molecule has 624 valence electrons. The standard InChI is InChI=1S/C35H47F2N3O2.C30H37F2N3O2.C30H36F2N2O3/c1-21(2)40(24(5)41)32-17-25-15-22(3)23(4)16-30(25)35(32)11-13-38(14-12-35)33(42)29-20-39(34(6,7)8)19-28(29)27-10-9-26(36)18-31(27)37;1-19(36)33-27-16-30(25-8-6-5-7-22(25)27)11-13-34(14-12-30)28(37)24-18-35(29(2,3)4)17-23(24)21-10-9-20(31)15-26(21)32;1-19(35)37-27-15-20-7-5-6-8-25(20)30(27)11-13-33(14-12-30)28(36)24-18-34(29(2,3)4)17-23(24)22-10-9-21(31)16-26(22)32/h9-10,15-16,18,21,28-29,32H,11-14,17,19-20H2,1-8H3;5-10,15,23-24,27H,11-14,16-18H2,1-4H3,(H,33,36);5-10,16,23-24,27H,11-15,17-18H2,1-4H3/t28-,29+,32+;23-,24+,27?;23-,24+,27+/m000/s1. The minimum absolute atomic E-state index is 0.00282. The average molecular weight is 1600 g/mol. The van der Waals surface area contributed by atoms with Crippen molar-refractivity contribution in [3.8, 4) is 0 Å². The molecule has 0 saturated carbocycles. The van der Waals surface area contributed by atoms with E-state index in [1.54, 1.807) is 13.8 Å². The van der Waals surface area contributed by atoms with Crippen molar-refractivity contribution in [3.05, 3.63) is 211 Å². The molecule has 6 heterocycles. The molecule has 6 aliphatic heterocycles. The highest BCUT2D eigenvalue weighted by Crippen LogP contribution is 2.55. The summed E-state index contributed by atoms with van der Waals surface area (Å²) < 4.78 is 91.7. The van der Waals surface area contributed by atoms with E-state index in [1.165, 1.54) is 87.8 Å². The van der Waals surface area contributed by atoms with Crippen LogP contribution in [0.3, 0.4) is 0 Å². The van der Waals surface area contributed by atoms with Crippen LogP contribution >= 0.6 is 0 Å². The summed E-state index contributed by atoms with van der Waals surface area (Å²) in [6.45, 7) is 38.9. The number of aryl methyl sites for hydroxylation is 2. The highest BCUT2D eigenvalue weighted by Gasteiger charge is 2.57. The zero-order valence-corrected chi connectivity index (χ0v) is 70.8. The Morgan fingerprint density at radius 3 is 1.25 bits per heavy atom. The van der Waals surface area contributed by atoms with Gasteiger partial charge < -0.3 is 29.7 Å². The first-order valence-electron chi connectivity index (χ1n) is 42.1. The zero-order chi connectivity index (χ0) is 83.8. The maximum Gasteiger partial charge on any atom is 0.302 e. The largest absolute Gasteiger partial charge is 0.461 e. The molecule has 0 radical (unpaired) electrons. The fourth-order valence-corrected chi connectivity index (χ4v) is 21.7. The Kier molecular flexibility index (Phi) is 24.4. The topological polar surface area (TPSA) is 146 Å². The number of fused-ring (bicyclic) bond motifs is 6. The molecule has 3 aliphatic carbocycles. The van der Waals surface area contributed by atoms with Crippen LogP contribution in [0.1, 0.15) is 227 Å². The molecule has 3 spiro atoms. The molecule has 21 heteroatoms. The Hall–Kier alpha value is -8.40. The van der Waals surface area contributed by atoms with Gasteiger partial charge in [0, 0.05) is 187 Å². The number of nitrogens with zero attached hydrogens (tertiary/aromatic N) is 7. The van der Waals surface area contributed by atoms with Gasteiger partial charge in [-0.15, -0.1) is 0 Å². The fraction of sp³-hybridized carbons (Fsp3) is 0.558. The quantitative estimate of drug-likeness (QED) is 0.104. The highest BCUT2D eigenvalue weighted by molar-refractivity contribution is 5.83. The summed E-state index contributed by atoms with van der Waals surface area (Å²) in [6, 6.07) is 32.5. The first-order chi connectivity index (χ1) is 54.6. The summed E-state index contributed by atoms with van der Waals surface area (Å²) >= 11 is 0. The number of halogens is 6. The van der Waals surface area contributed by atoms with E-state index < -0.39 is 46.7 Å². The van der Waals surface area contributed by atoms with Crippen LogP contribution in [-0.4, -0.2) is 183 Å². The maximum absolute atomic E-state index is 15.0. The molecule has 1 N–H and O–H groups in total. The Labute approximate surface area is 682 Å². The van der Waals surface area contributed by atoms with Crippen LogP contribution in [0.4, 0.5) is 26.3 Å². The first kappa shape index (κ1) is 85.5. The van der Waals surface area contributed by atoms with Gasteiger partial charge in [0.2, 0.25) is 29.5 Å². The number of carbonyl (C=O) groups excluding carboxylic acids is 6. The van der Waals surface area contributed by atoms with Crippen molar-refractivity contribution in [3.63, 3.8) is 0 Å². The predicted octanol–water partition coefficient (Wildman–Crippen LogP) is 15.9. The SMILES string of the molecule is CC(=O)N(C(C)C)[C@@H]1Cc2cc(C)c(C)cc2C12CCN(C(=O)[C@@H]1CN(C(C)(C)C)C[C@H]1c1ccc(F)cc1F)CC2.CC(=O)NC1CC2(CCN(C(=O)[C@@H]3CN(C(C)(C)C)C[C@H]3c3ccc(F)cc3F)CC2)c2ccccc21.CC(=O)O[C@@H]1Cc2ccccc2C12CCN(C(=O)[C@@H]1CN(C(C)(C)C)C[C@H]1c1ccc(F)cc1F)CC2. The molecule has 6 aromatic carbocycles. The van der Waals surface area contributed by atoms with E-state index in [0.29, 0.717) is 114 Å². The minimum Gasteiger partial charge on any atom is -0.461 e. The van der Waals surface area contributed by atoms with Crippen LogP contribution in [0.15, 0.2) is 115 Å². The molecule has 9 aliphatic rings. The van der Waals surface area contributed by atoms with Gasteiger partial charge in [-0.2, -0.15) is 0 Å². The second-order valence-electron chi connectivity index (χ2n) is 38.3. The van der Waals surface area contributed by atoms with Crippen LogP contribution in [0.2, 0.25) is 0 Å². The molecule has 5 amide bonds. The second-order valence-corrected chi connectivity index (χ2v) is 38.3. The Morgan fingerprint density at radius 1 is 0.457 bits per heavy atom. The monoisotopic (exact) mass is 1600 g/mol. The van der Waals surface area contributed by atoms with Crippen molar-refractivity contribution >= 4 is 35.5 Å². The van der Waals surface area contributed by atoms with Crippen molar-refractivity contribution in [1.29, 1.82) is 0 Å². The lowest BCUT2D eigenvalue weighted by Crippen LogP contribution is -2.58. The third-order valence-corrected chi connectivity index (χ3v) is 28.1. The molecule has 0 aromatic heterocycles. The number of esters is 1. The number of piperidine rings is 3. The van der Waals surface area contributed by atoms with Crippen LogP contribution in [0, 0.1) is 66.5 Å². The zero-order valence-electron chi connectivity index (χ0n) is 70.8. The van der Waals surface area contributed by atoms with Gasteiger partial charge in [0.05, 0.1) is 23.8 Å². The van der Waals surface area contributed by atoms with Crippen molar-refractivity contribution in [2.45, 2.75) is 243 Å². The van der Waals surface area contributed by atoms with Crippen molar-refractivity contribution < 1.29 is 59.8 Å². The highest BCUT2D eigenvalue weighted by atomic mass is 19.2. The number of carbonyl (C=O) groups is 6. The minimum atomic E-state index is -0.615. The van der Waals surface area contributed by atoms with Crippen molar-refractivity contribution in [2.75, 3.05) is 78.5 Å². The van der Waals surface area contributed by atoms with Crippen LogP contribution in [0.5, 0.6) is 0 Å². The molecule has 6 aromatic rings. The molecule has 15 nitrogen and oxygen atoms in total. The number of rotatable bonds is 10. The number of benzene rings is 6. The molecular formula is C95H120F6N8O7. The van der Waals surface area contributed by atoms with E-state index in [2.05, 4.69) is 157 Å². The number of ether oxygens (including phenoxy) is 1. The van der Waals surface area contributed by atoms with E-state index in [4.69, 9.17) is 4.74 Å². The van der Waals surface area contributed by atoms with Gasteiger partial charge >= 0.3 is 5.97 Å². The van der Waals surface area contributed by atoms with E-state index in [9.17, 15) is 50.7 Å². The molecule has 6 saturated heterocycles. The number of nitrogens with one attached hydrogen (secondary N) is 1. The summed E-state index contributed by atoms with van der Waals surface area (Å²) in [6.07, 6.45) is 6.77. The number of amides is 5. The Bertz CT molecular complexity index is 4700. The van der Waals surface area contributed by atoms with Gasteiger partial charge in [0.25, 0.3) is 0 Å². The number of hydrogen-bond donors (Lipinski definition) is 1. The molecule has 1 unspecified atom stereocenters. The number of likely N-dealkylation sites (tertiary alicyclic amines) is 6. The van der Waals surface area contributed by atoms with Gasteiger partial charge in [-0.25, -0.2) is 26.3 Å². The normalized spacial score (nSPS) is 24.9. The summed E-state index contributed by atoms with van der Waals surface area (Å²) in [4.78, 5) is 93.5. The van der Waals surface area contributed by atoms with E-state index in [-0.39, 0.29) is 116 Å². The van der Waals surface area contributed by atoms with Crippen LogP contribution in [0.25, 0.3) is 0 Å². The van der Waals surface area contributed by atoms with Gasteiger partial charge in [-0.1, -0.05) is 78.9 Å². The summed E-state index contributed by atoms with van der Waals surface area (Å²) in [5.74, 6) is -5.89. The molecule has 9 atom stereocenters. The van der Waals surface area contributed by atoms with E-state index in [1.807, 2.05) is 32.9 Å². The molecular weight excluding hydrogens is 1480 g/mol. The molecule has 15 rings (SSSR count). The van der Waals surface area contributed by atoms with E-state index >= 15 is 4.39 Å². The lowest BCUT2D eigenvalue weighted by molar-refractivity contribution is -0.152. The Morgan fingerprint density at radius 2 is 0.853 bits per heavy atom. The third kappa shape index (κ3) is 16.9. The van der Waals surface area contributed by atoms with Crippen molar-refractivity contribution in [2.24, 2.45) is 17.8 Å². The lowest BCUT2D eigenvalue weighted by Gasteiger charge is -2.49. The summed E-state index contributed by atoms with van der Waals surface area (Å²) in [7, 11) is 0. The molecule has 116 heavy (non-hydrogen) atoms. The first-order valence-corrected chi connectivity index (χ1v) is 42.1.